The van der Waals surface area contributed by atoms with Gasteiger partial charge in [0.15, 0.2) is 17.6 Å². The number of sulfonamides is 1. The highest BCUT2D eigenvalue weighted by molar-refractivity contribution is 7.92. The maximum atomic E-state index is 12.7. The van der Waals surface area contributed by atoms with Crippen molar-refractivity contribution in [1.29, 1.82) is 0 Å². The van der Waals surface area contributed by atoms with Crippen LogP contribution in [0.2, 0.25) is 5.02 Å². The van der Waals surface area contributed by atoms with E-state index in [1.165, 1.54) is 6.07 Å². The van der Waals surface area contributed by atoms with Gasteiger partial charge in [0.05, 0.1) is 25.0 Å². The third-order valence-corrected chi connectivity index (χ3v) is 5.94. The average Bonchev–Trinajstić information content (AvgIpc) is 2.70. The van der Waals surface area contributed by atoms with E-state index in [9.17, 15) is 13.2 Å². The van der Waals surface area contributed by atoms with Crippen molar-refractivity contribution < 1.29 is 27.4 Å². The fraction of sp³-hybridized carbons (Fsp3) is 0.316. The summed E-state index contributed by atoms with van der Waals surface area (Å²) in [5.41, 5.74) is 0.310. The number of carbonyl (C=O) groups excluding carboxylic acids is 1. The van der Waals surface area contributed by atoms with Crippen LogP contribution in [0, 0.1) is 0 Å². The highest BCUT2D eigenvalue weighted by Gasteiger charge is 2.35. The molecule has 0 bridgehead atoms. The third kappa shape index (κ3) is 4.20. The Morgan fingerprint density at radius 2 is 1.93 bits per heavy atom. The number of rotatable bonds is 4. The van der Waals surface area contributed by atoms with Gasteiger partial charge in [-0.1, -0.05) is 23.7 Å². The van der Waals surface area contributed by atoms with Gasteiger partial charge in [-0.15, -0.1) is 0 Å². The van der Waals surface area contributed by atoms with E-state index in [2.05, 4.69) is 5.32 Å². The molecule has 0 fully saturated rings. The lowest BCUT2D eigenvalue weighted by atomic mass is 10.2. The number of nitrogens with zero attached hydrogens (tertiary/aromatic N) is 1. The standard InChI is InChI=1S/C19H19ClN2O6S/c1-29(24,25)22-10-18(28-15-7-6-12(20)8-14(15)22)19(23)21-9-13-11-26-16-4-2-3-5-17(16)27-13/h2-8,13,18H,9-11H2,1H3,(H,21,23)/t13-,18+/m1/s1. The van der Waals surface area contributed by atoms with Crippen molar-refractivity contribution in [2.24, 2.45) is 0 Å². The summed E-state index contributed by atoms with van der Waals surface area (Å²) in [6.45, 7) is 0.335. The van der Waals surface area contributed by atoms with Crippen molar-refractivity contribution in [2.45, 2.75) is 12.2 Å². The molecule has 29 heavy (non-hydrogen) atoms. The van der Waals surface area contributed by atoms with Crippen LogP contribution in [0.3, 0.4) is 0 Å². The summed E-state index contributed by atoms with van der Waals surface area (Å²) >= 11 is 5.98. The summed E-state index contributed by atoms with van der Waals surface area (Å²) in [6.07, 6.45) is -0.299. The van der Waals surface area contributed by atoms with Crippen LogP contribution >= 0.6 is 11.6 Å². The SMILES string of the molecule is CS(=O)(=O)N1C[C@@H](C(=O)NC[C@@H]2COc3ccccc3O2)Oc2ccc(Cl)cc21. The zero-order valence-corrected chi connectivity index (χ0v) is 17.1. The lowest BCUT2D eigenvalue weighted by Gasteiger charge is -2.34. The fourth-order valence-corrected chi connectivity index (χ4v) is 4.24. The molecule has 2 aromatic rings. The van der Waals surface area contributed by atoms with Crippen molar-refractivity contribution in [2.75, 3.05) is 30.3 Å². The number of carbonyl (C=O) groups is 1. The van der Waals surface area contributed by atoms with Gasteiger partial charge in [0.2, 0.25) is 10.0 Å². The van der Waals surface area contributed by atoms with E-state index in [0.717, 1.165) is 10.6 Å². The molecular weight excluding hydrogens is 420 g/mol. The lowest BCUT2D eigenvalue weighted by Crippen LogP contribution is -2.52. The quantitative estimate of drug-likeness (QED) is 0.782. The van der Waals surface area contributed by atoms with Gasteiger partial charge in [0.25, 0.3) is 5.91 Å². The van der Waals surface area contributed by atoms with E-state index in [0.29, 0.717) is 28.8 Å². The smallest absolute Gasteiger partial charge is 0.263 e. The van der Waals surface area contributed by atoms with Crippen LogP contribution in [-0.2, 0) is 14.8 Å². The fourth-order valence-electron chi connectivity index (χ4n) is 3.17. The molecule has 2 aliphatic rings. The first-order valence-corrected chi connectivity index (χ1v) is 11.1. The Bertz CT molecular complexity index is 1040. The molecule has 154 valence electrons. The molecule has 2 aromatic carbocycles. The number of fused-ring (bicyclic) bond motifs is 2. The van der Waals surface area contributed by atoms with Crippen molar-refractivity contribution in [3.8, 4) is 17.2 Å². The molecule has 0 radical (unpaired) electrons. The van der Waals surface area contributed by atoms with Crippen LogP contribution in [0.25, 0.3) is 0 Å². The maximum Gasteiger partial charge on any atom is 0.263 e. The number of nitrogens with one attached hydrogen (secondary N) is 1. The predicted octanol–water partition coefficient (Wildman–Crippen LogP) is 1.82. The number of ether oxygens (including phenoxy) is 3. The largest absolute Gasteiger partial charge is 0.486 e. The molecule has 4 rings (SSSR count). The van der Waals surface area contributed by atoms with Gasteiger partial charge in [0, 0.05) is 5.02 Å². The van der Waals surface area contributed by atoms with E-state index in [1.807, 2.05) is 18.2 Å². The Kier molecular flexibility index (Phi) is 5.18. The van der Waals surface area contributed by atoms with E-state index in [-0.39, 0.29) is 24.9 Å². The van der Waals surface area contributed by atoms with Crippen LogP contribution in [0.5, 0.6) is 17.2 Å². The number of para-hydroxylation sites is 2. The number of benzene rings is 2. The molecule has 0 aliphatic carbocycles. The summed E-state index contributed by atoms with van der Waals surface area (Å²) in [6, 6.07) is 11.9. The Morgan fingerprint density at radius 1 is 1.17 bits per heavy atom. The Morgan fingerprint density at radius 3 is 2.69 bits per heavy atom. The van der Waals surface area contributed by atoms with E-state index < -0.39 is 22.0 Å². The summed E-state index contributed by atoms with van der Waals surface area (Å²) < 4.78 is 42.7. The second-order valence-electron chi connectivity index (χ2n) is 6.76. The first-order chi connectivity index (χ1) is 13.8. The number of halogens is 1. The van der Waals surface area contributed by atoms with Crippen LogP contribution < -0.4 is 23.8 Å². The van der Waals surface area contributed by atoms with Crippen molar-refractivity contribution >= 4 is 33.2 Å². The van der Waals surface area contributed by atoms with Crippen LogP contribution in [0.4, 0.5) is 5.69 Å². The topological polar surface area (TPSA) is 94.2 Å². The second-order valence-corrected chi connectivity index (χ2v) is 9.10. The summed E-state index contributed by atoms with van der Waals surface area (Å²) in [5, 5.41) is 3.12. The van der Waals surface area contributed by atoms with Gasteiger partial charge in [-0.25, -0.2) is 8.42 Å². The molecule has 0 spiro atoms. The molecule has 0 aromatic heterocycles. The average molecular weight is 439 g/mol. The zero-order valence-electron chi connectivity index (χ0n) is 15.5. The number of amides is 1. The Hall–Kier alpha value is -2.65. The van der Waals surface area contributed by atoms with E-state index in [1.54, 1.807) is 18.2 Å². The molecule has 2 atom stereocenters. The van der Waals surface area contributed by atoms with Gasteiger partial charge in [-0.05, 0) is 30.3 Å². The molecule has 0 saturated heterocycles. The monoisotopic (exact) mass is 438 g/mol. The Balaban J connectivity index is 1.43. The molecular formula is C19H19ClN2O6S. The number of anilines is 1. The third-order valence-electron chi connectivity index (χ3n) is 4.55. The van der Waals surface area contributed by atoms with Crippen molar-refractivity contribution in [3.63, 3.8) is 0 Å². The van der Waals surface area contributed by atoms with Crippen molar-refractivity contribution in [3.05, 3.63) is 47.5 Å². The highest BCUT2D eigenvalue weighted by atomic mass is 35.5. The van der Waals surface area contributed by atoms with Gasteiger partial charge in [-0.2, -0.15) is 0 Å². The molecule has 8 nitrogen and oxygen atoms in total. The zero-order chi connectivity index (χ0) is 20.6. The maximum absolute atomic E-state index is 12.7. The first-order valence-electron chi connectivity index (χ1n) is 8.91. The molecule has 2 aliphatic heterocycles. The minimum Gasteiger partial charge on any atom is -0.486 e. The first kappa shape index (κ1) is 19.7. The molecule has 10 heteroatoms. The minimum absolute atomic E-state index is 0.150. The van der Waals surface area contributed by atoms with Gasteiger partial charge >= 0.3 is 0 Å². The lowest BCUT2D eigenvalue weighted by molar-refractivity contribution is -0.128. The van der Waals surface area contributed by atoms with Crippen LogP contribution in [0.1, 0.15) is 0 Å². The summed E-state index contributed by atoms with van der Waals surface area (Å²) in [4.78, 5) is 12.7. The van der Waals surface area contributed by atoms with E-state index >= 15 is 0 Å². The Labute approximate surface area is 173 Å². The van der Waals surface area contributed by atoms with Gasteiger partial charge in [-0.3, -0.25) is 9.10 Å². The van der Waals surface area contributed by atoms with Crippen LogP contribution in [-0.4, -0.2) is 52.5 Å². The highest BCUT2D eigenvalue weighted by Crippen LogP contribution is 2.37. The normalized spacial score (nSPS) is 20.4. The number of hydrogen-bond acceptors (Lipinski definition) is 6. The molecule has 0 saturated carbocycles. The van der Waals surface area contributed by atoms with Crippen molar-refractivity contribution in [1.82, 2.24) is 5.32 Å². The van der Waals surface area contributed by atoms with Gasteiger partial charge in [0.1, 0.15) is 18.5 Å². The van der Waals surface area contributed by atoms with E-state index in [4.69, 9.17) is 25.8 Å². The summed E-state index contributed by atoms with van der Waals surface area (Å²) in [7, 11) is -3.62. The summed E-state index contributed by atoms with van der Waals surface area (Å²) in [5.74, 6) is 1.10. The molecule has 2 heterocycles. The molecule has 1 amide bonds. The molecule has 0 unspecified atom stereocenters. The van der Waals surface area contributed by atoms with Crippen LogP contribution in [0.15, 0.2) is 42.5 Å². The number of hydrogen-bond donors (Lipinski definition) is 1. The second kappa shape index (κ2) is 7.64. The predicted molar refractivity (Wildman–Crippen MR) is 107 cm³/mol. The minimum atomic E-state index is -3.62. The molecule has 1 N–H and O–H groups in total. The van der Waals surface area contributed by atoms with Gasteiger partial charge < -0.3 is 19.5 Å².